The molecule has 5 nitrogen and oxygen atoms in total. The zero-order valence-electron chi connectivity index (χ0n) is 15.6. The summed E-state index contributed by atoms with van der Waals surface area (Å²) >= 11 is 0. The smallest absolute Gasteiger partial charge is 0.191 e. The number of hydrogen-bond donors (Lipinski definition) is 2. The lowest BCUT2D eigenvalue weighted by atomic mass is 10.1. The predicted molar refractivity (Wildman–Crippen MR) is 117 cm³/mol. The molecule has 0 fully saturated rings. The second-order valence-corrected chi connectivity index (χ2v) is 5.54. The molecule has 2 aromatic rings. The third-order valence-corrected chi connectivity index (χ3v) is 3.82. The molecule has 142 valence electrons. The molecule has 26 heavy (non-hydrogen) atoms. The number of aliphatic imine (C=N–C) groups is 1. The van der Waals surface area contributed by atoms with Crippen LogP contribution in [-0.4, -0.2) is 26.7 Å². The van der Waals surface area contributed by atoms with E-state index in [0.717, 1.165) is 23.9 Å². The third-order valence-electron chi connectivity index (χ3n) is 3.82. The Morgan fingerprint density at radius 2 is 1.62 bits per heavy atom. The van der Waals surface area contributed by atoms with E-state index in [1.54, 1.807) is 14.2 Å². The molecule has 0 spiro atoms. The van der Waals surface area contributed by atoms with E-state index in [9.17, 15) is 0 Å². The molecule has 2 aromatic carbocycles. The molecule has 0 bridgehead atoms. The highest BCUT2D eigenvalue weighted by Gasteiger charge is 2.03. The first-order valence-corrected chi connectivity index (χ1v) is 8.48. The largest absolute Gasteiger partial charge is 0.496 e. The van der Waals surface area contributed by atoms with E-state index in [-0.39, 0.29) is 24.0 Å². The molecule has 2 rings (SSSR count). The highest BCUT2D eigenvalue weighted by molar-refractivity contribution is 14.0. The average molecular weight is 469 g/mol. The van der Waals surface area contributed by atoms with Gasteiger partial charge in [-0.25, -0.2) is 0 Å². The second kappa shape index (κ2) is 12.5. The quantitative estimate of drug-likeness (QED) is 0.352. The molecule has 0 heterocycles. The minimum Gasteiger partial charge on any atom is -0.496 e. The van der Waals surface area contributed by atoms with Crippen LogP contribution in [0, 0.1) is 0 Å². The Balaban J connectivity index is 0.00000338. The van der Waals surface area contributed by atoms with E-state index in [0.29, 0.717) is 19.7 Å². The average Bonchev–Trinajstić information content (AvgIpc) is 2.67. The van der Waals surface area contributed by atoms with Crippen LogP contribution in [0.3, 0.4) is 0 Å². The molecule has 0 aliphatic carbocycles. The number of benzene rings is 2. The van der Waals surface area contributed by atoms with Gasteiger partial charge >= 0.3 is 0 Å². The molecule has 0 amide bonds. The summed E-state index contributed by atoms with van der Waals surface area (Å²) in [6.07, 6.45) is 0. The second-order valence-electron chi connectivity index (χ2n) is 5.54. The summed E-state index contributed by atoms with van der Waals surface area (Å²) in [4.78, 5) is 4.27. The van der Waals surface area contributed by atoms with Gasteiger partial charge in [0, 0.05) is 32.3 Å². The molecule has 6 heteroatoms. The van der Waals surface area contributed by atoms with Crippen molar-refractivity contribution in [3.8, 4) is 5.75 Å². The number of hydrogen-bond acceptors (Lipinski definition) is 3. The molecule has 0 aliphatic rings. The maximum atomic E-state index is 5.41. The predicted octanol–water partition coefficient (Wildman–Crippen LogP) is 3.71. The standard InChI is InChI=1S/C20H27N3O2.HI/c1-4-25-15-17-11-9-16(10-12-17)13-22-20(21-2)23-14-18-7-5-6-8-19(18)24-3;/h5-12H,4,13-15H2,1-3H3,(H2,21,22,23);1H. The fourth-order valence-electron chi connectivity index (χ4n) is 2.41. The summed E-state index contributed by atoms with van der Waals surface area (Å²) in [5, 5.41) is 6.63. The molecule has 0 saturated heterocycles. The SMILES string of the molecule is CCOCc1ccc(CNC(=NC)NCc2ccccc2OC)cc1.I. The summed E-state index contributed by atoms with van der Waals surface area (Å²) in [6, 6.07) is 16.4. The van der Waals surface area contributed by atoms with E-state index in [1.807, 2.05) is 31.2 Å². The summed E-state index contributed by atoms with van der Waals surface area (Å²) in [6.45, 7) is 4.75. The van der Waals surface area contributed by atoms with Gasteiger partial charge in [-0.3, -0.25) is 4.99 Å². The van der Waals surface area contributed by atoms with Gasteiger partial charge in [-0.15, -0.1) is 24.0 Å². The summed E-state index contributed by atoms with van der Waals surface area (Å²) in [5.41, 5.74) is 3.47. The van der Waals surface area contributed by atoms with Crippen LogP contribution in [0.2, 0.25) is 0 Å². The van der Waals surface area contributed by atoms with Crippen molar-refractivity contribution < 1.29 is 9.47 Å². The Morgan fingerprint density at radius 3 is 2.27 bits per heavy atom. The van der Waals surface area contributed by atoms with Gasteiger partial charge in [0.2, 0.25) is 0 Å². The monoisotopic (exact) mass is 469 g/mol. The number of rotatable bonds is 8. The van der Waals surface area contributed by atoms with Crippen molar-refractivity contribution in [3.05, 3.63) is 65.2 Å². The van der Waals surface area contributed by atoms with Gasteiger partial charge in [-0.2, -0.15) is 0 Å². The Hall–Kier alpha value is -1.80. The van der Waals surface area contributed by atoms with Crippen LogP contribution in [0.25, 0.3) is 0 Å². The fourth-order valence-corrected chi connectivity index (χ4v) is 2.41. The van der Waals surface area contributed by atoms with Gasteiger partial charge in [-0.05, 0) is 24.1 Å². The number of methoxy groups -OCH3 is 1. The van der Waals surface area contributed by atoms with E-state index in [4.69, 9.17) is 9.47 Å². The Kier molecular flexibility index (Phi) is 10.7. The number of para-hydroxylation sites is 1. The van der Waals surface area contributed by atoms with Crippen molar-refractivity contribution in [2.45, 2.75) is 26.6 Å². The molecule has 0 atom stereocenters. The van der Waals surface area contributed by atoms with Crippen molar-refractivity contribution in [2.75, 3.05) is 20.8 Å². The maximum absolute atomic E-state index is 5.41. The first-order chi connectivity index (χ1) is 12.3. The molecule has 0 unspecified atom stereocenters. The lowest BCUT2D eigenvalue weighted by Gasteiger charge is -2.14. The van der Waals surface area contributed by atoms with Gasteiger partial charge in [0.25, 0.3) is 0 Å². The molecule has 0 aliphatic heterocycles. The van der Waals surface area contributed by atoms with Gasteiger partial charge in [0.05, 0.1) is 13.7 Å². The van der Waals surface area contributed by atoms with Gasteiger partial charge in [-0.1, -0.05) is 42.5 Å². The van der Waals surface area contributed by atoms with Gasteiger partial charge < -0.3 is 20.1 Å². The zero-order chi connectivity index (χ0) is 17.9. The molecule has 0 saturated carbocycles. The maximum Gasteiger partial charge on any atom is 0.191 e. The number of halogens is 1. The van der Waals surface area contributed by atoms with Crippen LogP contribution in [0.15, 0.2) is 53.5 Å². The number of guanidine groups is 1. The molecule has 0 aromatic heterocycles. The minimum atomic E-state index is 0. The van der Waals surface area contributed by atoms with Crippen LogP contribution in [0.5, 0.6) is 5.75 Å². The number of nitrogens with one attached hydrogen (secondary N) is 2. The topological polar surface area (TPSA) is 54.9 Å². The van der Waals surface area contributed by atoms with Gasteiger partial charge in [0.1, 0.15) is 5.75 Å². The van der Waals surface area contributed by atoms with E-state index in [1.165, 1.54) is 11.1 Å². The number of ether oxygens (including phenoxy) is 2. The Bertz CT molecular complexity index is 675. The van der Waals surface area contributed by atoms with Crippen LogP contribution in [0.4, 0.5) is 0 Å². The molecular weight excluding hydrogens is 441 g/mol. The first kappa shape index (κ1) is 22.2. The highest BCUT2D eigenvalue weighted by Crippen LogP contribution is 2.16. The highest BCUT2D eigenvalue weighted by atomic mass is 127. The van der Waals surface area contributed by atoms with Crippen molar-refractivity contribution in [3.63, 3.8) is 0 Å². The fraction of sp³-hybridized carbons (Fsp3) is 0.350. The number of nitrogens with zero attached hydrogens (tertiary/aromatic N) is 1. The Labute approximate surface area is 173 Å². The van der Waals surface area contributed by atoms with Crippen LogP contribution >= 0.6 is 24.0 Å². The lowest BCUT2D eigenvalue weighted by Crippen LogP contribution is -2.36. The lowest BCUT2D eigenvalue weighted by molar-refractivity contribution is 0.134. The van der Waals surface area contributed by atoms with Crippen LogP contribution < -0.4 is 15.4 Å². The third kappa shape index (κ3) is 7.21. The van der Waals surface area contributed by atoms with Crippen LogP contribution in [0.1, 0.15) is 23.6 Å². The molecule has 2 N–H and O–H groups in total. The van der Waals surface area contributed by atoms with Crippen molar-refractivity contribution in [2.24, 2.45) is 4.99 Å². The van der Waals surface area contributed by atoms with E-state index >= 15 is 0 Å². The normalized spacial score (nSPS) is 10.8. The van der Waals surface area contributed by atoms with E-state index in [2.05, 4.69) is 39.9 Å². The zero-order valence-corrected chi connectivity index (χ0v) is 17.9. The van der Waals surface area contributed by atoms with Crippen molar-refractivity contribution in [1.29, 1.82) is 0 Å². The van der Waals surface area contributed by atoms with Crippen LogP contribution in [-0.2, 0) is 24.4 Å². The Morgan fingerprint density at radius 1 is 0.962 bits per heavy atom. The summed E-state index contributed by atoms with van der Waals surface area (Å²) in [5.74, 6) is 1.62. The molecule has 0 radical (unpaired) electrons. The van der Waals surface area contributed by atoms with E-state index < -0.39 is 0 Å². The van der Waals surface area contributed by atoms with Crippen molar-refractivity contribution in [1.82, 2.24) is 10.6 Å². The summed E-state index contributed by atoms with van der Waals surface area (Å²) in [7, 11) is 3.45. The molecular formula is C20H28IN3O2. The first-order valence-electron chi connectivity index (χ1n) is 8.48. The summed E-state index contributed by atoms with van der Waals surface area (Å²) < 4.78 is 10.8. The van der Waals surface area contributed by atoms with Crippen molar-refractivity contribution >= 4 is 29.9 Å². The van der Waals surface area contributed by atoms with Gasteiger partial charge in [0.15, 0.2) is 5.96 Å². The minimum absolute atomic E-state index is 0.